The van der Waals surface area contributed by atoms with Gasteiger partial charge in [-0.05, 0) is 12.1 Å². The molecule has 1 heterocycles. The minimum atomic E-state index is -0.521. The molecule has 1 aliphatic heterocycles. The van der Waals surface area contributed by atoms with E-state index in [1.165, 1.54) is 6.07 Å². The molecule has 2 rings (SSSR count). The Bertz CT molecular complexity index is 526. The Morgan fingerprint density at radius 3 is 3.05 bits per heavy atom. The molecule has 1 aromatic carbocycles. The van der Waals surface area contributed by atoms with Gasteiger partial charge in [0.1, 0.15) is 0 Å². The predicted octanol–water partition coefficient (Wildman–Crippen LogP) is 0.816. The Morgan fingerprint density at radius 1 is 1.63 bits per heavy atom. The number of anilines is 1. The van der Waals surface area contributed by atoms with Crippen molar-refractivity contribution in [2.24, 2.45) is 0 Å². The highest BCUT2D eigenvalue weighted by Crippen LogP contribution is 2.26. The zero-order valence-corrected chi connectivity index (χ0v) is 10.2. The lowest BCUT2D eigenvalue weighted by molar-refractivity contribution is -0.385. The first-order chi connectivity index (χ1) is 9.15. The van der Waals surface area contributed by atoms with Gasteiger partial charge in [-0.3, -0.25) is 10.1 Å². The highest BCUT2D eigenvalue weighted by molar-refractivity contribution is 5.56. The van der Waals surface area contributed by atoms with Crippen LogP contribution in [0, 0.1) is 21.4 Å². The maximum Gasteiger partial charge on any atom is 0.275 e. The molecule has 7 heteroatoms. The second-order valence-corrected chi connectivity index (χ2v) is 4.16. The van der Waals surface area contributed by atoms with Crippen molar-refractivity contribution in [3.63, 3.8) is 0 Å². The lowest BCUT2D eigenvalue weighted by Crippen LogP contribution is -2.41. The van der Waals surface area contributed by atoms with Crippen molar-refractivity contribution in [2.75, 3.05) is 24.6 Å². The van der Waals surface area contributed by atoms with Gasteiger partial charge in [-0.15, -0.1) is 0 Å². The van der Waals surface area contributed by atoms with Gasteiger partial charge >= 0.3 is 0 Å². The number of nitrogens with zero attached hydrogens (tertiary/aromatic N) is 3. The Hall–Kier alpha value is -2.17. The van der Waals surface area contributed by atoms with Crippen LogP contribution < -0.4 is 4.90 Å². The molecule has 0 spiro atoms. The van der Waals surface area contributed by atoms with Gasteiger partial charge in [-0.2, -0.15) is 5.26 Å². The van der Waals surface area contributed by atoms with E-state index in [-0.39, 0.29) is 11.3 Å². The summed E-state index contributed by atoms with van der Waals surface area (Å²) in [6.45, 7) is 1.07. The van der Waals surface area contributed by atoms with Crippen molar-refractivity contribution in [1.82, 2.24) is 0 Å². The van der Waals surface area contributed by atoms with Crippen LogP contribution in [0.15, 0.2) is 18.2 Å². The number of hydrogen-bond acceptors (Lipinski definition) is 6. The molecule has 0 aliphatic carbocycles. The van der Waals surface area contributed by atoms with Crippen molar-refractivity contribution in [1.29, 1.82) is 5.26 Å². The minimum absolute atomic E-state index is 0.101. The summed E-state index contributed by atoms with van der Waals surface area (Å²) in [5.41, 5.74) is 0.914. The van der Waals surface area contributed by atoms with Gasteiger partial charge < -0.3 is 14.7 Å². The summed E-state index contributed by atoms with van der Waals surface area (Å²) in [5.74, 6) is 0. The third-order valence-corrected chi connectivity index (χ3v) is 3.01. The van der Waals surface area contributed by atoms with E-state index in [4.69, 9.17) is 10.00 Å². The maximum absolute atomic E-state index is 10.8. The summed E-state index contributed by atoms with van der Waals surface area (Å²) >= 11 is 0. The molecule has 1 unspecified atom stereocenters. The van der Waals surface area contributed by atoms with Crippen LogP contribution in [0.5, 0.6) is 0 Å². The molecule has 100 valence electrons. The Morgan fingerprint density at radius 2 is 2.42 bits per heavy atom. The standard InChI is InChI=1S/C12H13N3O4/c13-6-11-7-14(3-4-19-11)10-1-2-12(15(17)18)9(5-10)8-16/h1-2,5,11,16H,3-4,7-8H2. The first-order valence-electron chi connectivity index (χ1n) is 5.80. The number of nitriles is 1. The van der Waals surface area contributed by atoms with Gasteiger partial charge in [0.25, 0.3) is 5.69 Å². The van der Waals surface area contributed by atoms with Crippen molar-refractivity contribution in [2.45, 2.75) is 12.7 Å². The lowest BCUT2D eigenvalue weighted by Gasteiger charge is -2.31. The van der Waals surface area contributed by atoms with E-state index in [0.717, 1.165) is 5.69 Å². The second kappa shape index (κ2) is 5.65. The van der Waals surface area contributed by atoms with Crippen molar-refractivity contribution in [3.8, 4) is 6.07 Å². The molecule has 0 amide bonds. The van der Waals surface area contributed by atoms with Gasteiger partial charge in [0.2, 0.25) is 0 Å². The molecule has 1 saturated heterocycles. The highest BCUT2D eigenvalue weighted by atomic mass is 16.6. The lowest BCUT2D eigenvalue weighted by atomic mass is 10.1. The number of rotatable bonds is 3. The number of morpholine rings is 1. The molecule has 1 N–H and O–H groups in total. The Kier molecular flexibility index (Phi) is 3.94. The van der Waals surface area contributed by atoms with Crippen molar-refractivity contribution < 1.29 is 14.8 Å². The van der Waals surface area contributed by atoms with Gasteiger partial charge in [0.15, 0.2) is 6.10 Å². The van der Waals surface area contributed by atoms with Crippen LogP contribution in [0.1, 0.15) is 5.56 Å². The first-order valence-corrected chi connectivity index (χ1v) is 5.80. The van der Waals surface area contributed by atoms with Crippen LogP contribution in [0.3, 0.4) is 0 Å². The number of ether oxygens (including phenoxy) is 1. The molecule has 0 radical (unpaired) electrons. The fourth-order valence-electron chi connectivity index (χ4n) is 2.04. The summed E-state index contributed by atoms with van der Waals surface area (Å²) in [6, 6.07) is 6.62. The molecule has 7 nitrogen and oxygen atoms in total. The number of nitro benzene ring substituents is 1. The average molecular weight is 263 g/mol. The fourth-order valence-corrected chi connectivity index (χ4v) is 2.04. The molecule has 0 aromatic heterocycles. The Labute approximate surface area is 109 Å². The molecule has 1 fully saturated rings. The van der Waals surface area contributed by atoms with Crippen molar-refractivity contribution >= 4 is 11.4 Å². The number of nitro groups is 1. The fraction of sp³-hybridized carbons (Fsp3) is 0.417. The molecule has 1 atom stereocenters. The van der Waals surface area contributed by atoms with Gasteiger partial charge in [0.05, 0.1) is 36.3 Å². The van der Waals surface area contributed by atoms with E-state index in [1.54, 1.807) is 12.1 Å². The van der Waals surface area contributed by atoms with E-state index in [9.17, 15) is 15.2 Å². The summed E-state index contributed by atoms with van der Waals surface area (Å²) in [6.07, 6.45) is -0.499. The number of aliphatic hydroxyl groups is 1. The van der Waals surface area contributed by atoms with Gasteiger partial charge in [-0.1, -0.05) is 0 Å². The monoisotopic (exact) mass is 263 g/mol. The van der Waals surface area contributed by atoms with E-state index < -0.39 is 17.6 Å². The van der Waals surface area contributed by atoms with Crippen LogP contribution >= 0.6 is 0 Å². The minimum Gasteiger partial charge on any atom is -0.391 e. The van der Waals surface area contributed by atoms with Gasteiger partial charge in [-0.25, -0.2) is 0 Å². The predicted molar refractivity (Wildman–Crippen MR) is 66.6 cm³/mol. The maximum atomic E-state index is 10.8. The van der Waals surface area contributed by atoms with Crippen LogP contribution in [0.2, 0.25) is 0 Å². The van der Waals surface area contributed by atoms with Gasteiger partial charge in [0, 0.05) is 18.3 Å². The summed E-state index contributed by atoms with van der Waals surface area (Å²) in [7, 11) is 0. The summed E-state index contributed by atoms with van der Waals surface area (Å²) in [4.78, 5) is 12.2. The molecular weight excluding hydrogens is 250 g/mol. The second-order valence-electron chi connectivity index (χ2n) is 4.16. The van der Waals surface area contributed by atoms with Crippen LogP contribution in [0.4, 0.5) is 11.4 Å². The Balaban J connectivity index is 2.26. The highest BCUT2D eigenvalue weighted by Gasteiger charge is 2.22. The molecule has 0 saturated carbocycles. The molecule has 0 bridgehead atoms. The van der Waals surface area contributed by atoms with Crippen LogP contribution in [-0.4, -0.2) is 35.8 Å². The largest absolute Gasteiger partial charge is 0.391 e. The van der Waals surface area contributed by atoms with Crippen LogP contribution in [-0.2, 0) is 11.3 Å². The molecule has 19 heavy (non-hydrogen) atoms. The van der Waals surface area contributed by atoms with E-state index in [0.29, 0.717) is 19.7 Å². The van der Waals surface area contributed by atoms with E-state index in [1.807, 2.05) is 11.0 Å². The van der Waals surface area contributed by atoms with Crippen LogP contribution in [0.25, 0.3) is 0 Å². The van der Waals surface area contributed by atoms with Crippen molar-refractivity contribution in [3.05, 3.63) is 33.9 Å². The molecular formula is C12H13N3O4. The summed E-state index contributed by atoms with van der Waals surface area (Å²) < 4.78 is 5.24. The molecule has 1 aliphatic rings. The number of hydrogen-bond donors (Lipinski definition) is 1. The van der Waals surface area contributed by atoms with E-state index >= 15 is 0 Å². The zero-order valence-electron chi connectivity index (χ0n) is 10.2. The third-order valence-electron chi connectivity index (χ3n) is 3.01. The molecule has 1 aromatic rings. The quantitative estimate of drug-likeness (QED) is 0.640. The van der Waals surface area contributed by atoms with E-state index in [2.05, 4.69) is 0 Å². The average Bonchev–Trinajstić information content (AvgIpc) is 2.46. The zero-order chi connectivity index (χ0) is 13.8. The smallest absolute Gasteiger partial charge is 0.275 e. The SMILES string of the molecule is N#CC1CN(c2ccc([N+](=O)[O-])c(CO)c2)CCO1. The first kappa shape index (κ1) is 13.3. The number of aliphatic hydroxyl groups excluding tert-OH is 1. The topological polar surface area (TPSA) is 99.6 Å². The number of benzene rings is 1. The third kappa shape index (κ3) is 2.81. The summed E-state index contributed by atoms with van der Waals surface area (Å²) in [5, 5.41) is 28.8. The normalized spacial score (nSPS) is 18.9.